The fraction of sp³-hybridized carbons (Fsp3) is 0.733. The lowest BCUT2D eigenvalue weighted by atomic mass is 9.95. The molecule has 2 heterocycles. The fourth-order valence-electron chi connectivity index (χ4n) is 3.45. The summed E-state index contributed by atoms with van der Waals surface area (Å²) in [5.41, 5.74) is 6.09. The van der Waals surface area contributed by atoms with Crippen LogP contribution in [-0.2, 0) is 15.4 Å². The molecular weight excluding hydrogens is 304 g/mol. The maximum absolute atomic E-state index is 12.8. The lowest BCUT2D eigenvalue weighted by molar-refractivity contribution is 0.428. The highest BCUT2D eigenvalue weighted by molar-refractivity contribution is 7.91. The normalized spacial score (nSPS) is 30.8. The van der Waals surface area contributed by atoms with Crippen molar-refractivity contribution in [2.75, 3.05) is 13.1 Å². The van der Waals surface area contributed by atoms with Gasteiger partial charge in [0.1, 0.15) is 4.21 Å². The number of rotatable bonds is 2. The molecule has 4 nitrogen and oxygen atoms in total. The summed E-state index contributed by atoms with van der Waals surface area (Å²) < 4.78 is 27.7. The van der Waals surface area contributed by atoms with E-state index in [0.29, 0.717) is 29.1 Å². The predicted octanol–water partition coefficient (Wildman–Crippen LogP) is 2.40. The standard InChI is InChI=1S/C15H24N2O2S2/c1-15(2,3)13-6-7-14(20-13)21(18,19)17-8-10-4-5-12(16)11(10)9-17/h6-7,10-12H,4-5,8-9,16H2,1-3H3. The van der Waals surface area contributed by atoms with E-state index in [0.717, 1.165) is 17.7 Å². The Morgan fingerprint density at radius 3 is 2.52 bits per heavy atom. The van der Waals surface area contributed by atoms with Crippen molar-refractivity contribution in [1.82, 2.24) is 4.31 Å². The molecule has 3 rings (SSSR count). The van der Waals surface area contributed by atoms with Crippen LogP contribution in [0.4, 0.5) is 0 Å². The van der Waals surface area contributed by atoms with E-state index < -0.39 is 10.0 Å². The van der Waals surface area contributed by atoms with Crippen molar-refractivity contribution in [3.63, 3.8) is 0 Å². The van der Waals surface area contributed by atoms with Crippen LogP contribution in [0, 0.1) is 11.8 Å². The van der Waals surface area contributed by atoms with E-state index >= 15 is 0 Å². The number of sulfonamides is 1. The van der Waals surface area contributed by atoms with Crippen LogP contribution in [0.25, 0.3) is 0 Å². The van der Waals surface area contributed by atoms with Crippen molar-refractivity contribution in [3.8, 4) is 0 Å². The monoisotopic (exact) mass is 328 g/mol. The van der Waals surface area contributed by atoms with E-state index in [1.807, 2.05) is 6.07 Å². The van der Waals surface area contributed by atoms with Gasteiger partial charge in [-0.25, -0.2) is 8.42 Å². The number of hydrogen-bond donors (Lipinski definition) is 1. The Morgan fingerprint density at radius 1 is 1.24 bits per heavy atom. The Bertz CT molecular complexity index is 630. The molecule has 3 unspecified atom stereocenters. The topological polar surface area (TPSA) is 63.4 Å². The molecule has 1 saturated carbocycles. The molecule has 2 N–H and O–H groups in total. The summed E-state index contributed by atoms with van der Waals surface area (Å²) in [5.74, 6) is 0.804. The molecule has 1 aromatic rings. The number of hydrogen-bond acceptors (Lipinski definition) is 4. The highest BCUT2D eigenvalue weighted by Crippen LogP contribution is 2.40. The minimum Gasteiger partial charge on any atom is -0.327 e. The van der Waals surface area contributed by atoms with E-state index in [4.69, 9.17) is 5.73 Å². The molecule has 0 amide bonds. The average molecular weight is 329 g/mol. The van der Waals surface area contributed by atoms with Gasteiger partial charge in [-0.2, -0.15) is 4.31 Å². The van der Waals surface area contributed by atoms with Crippen LogP contribution in [0.5, 0.6) is 0 Å². The van der Waals surface area contributed by atoms with Gasteiger partial charge in [-0.15, -0.1) is 11.3 Å². The lowest BCUT2D eigenvalue weighted by Crippen LogP contribution is -2.33. The second-order valence-corrected chi connectivity index (χ2v) is 10.6. The molecular formula is C15H24N2O2S2. The molecule has 2 aliphatic rings. The minimum atomic E-state index is -3.35. The summed E-state index contributed by atoms with van der Waals surface area (Å²) in [7, 11) is -3.35. The largest absolute Gasteiger partial charge is 0.327 e. The summed E-state index contributed by atoms with van der Waals surface area (Å²) in [6, 6.07) is 3.87. The molecule has 0 spiro atoms. The van der Waals surface area contributed by atoms with Gasteiger partial charge < -0.3 is 5.73 Å². The Morgan fingerprint density at radius 2 is 1.95 bits per heavy atom. The van der Waals surface area contributed by atoms with Crippen LogP contribution in [0.3, 0.4) is 0 Å². The number of thiophene rings is 1. The fourth-order valence-corrected chi connectivity index (χ4v) is 6.50. The van der Waals surface area contributed by atoms with E-state index in [1.165, 1.54) is 11.3 Å². The molecule has 1 aliphatic carbocycles. The van der Waals surface area contributed by atoms with Crippen molar-refractivity contribution >= 4 is 21.4 Å². The van der Waals surface area contributed by atoms with Crippen LogP contribution in [0.1, 0.15) is 38.5 Å². The molecule has 1 aliphatic heterocycles. The summed E-state index contributed by atoms with van der Waals surface area (Å²) in [5, 5.41) is 0. The van der Waals surface area contributed by atoms with Gasteiger partial charge in [0.25, 0.3) is 10.0 Å². The van der Waals surface area contributed by atoms with Gasteiger partial charge in [0.05, 0.1) is 0 Å². The summed E-state index contributed by atoms with van der Waals surface area (Å²) >= 11 is 1.40. The second kappa shape index (κ2) is 5.05. The summed E-state index contributed by atoms with van der Waals surface area (Å²) in [6.45, 7) is 7.55. The van der Waals surface area contributed by atoms with Crippen molar-refractivity contribution in [1.29, 1.82) is 0 Å². The van der Waals surface area contributed by atoms with E-state index in [2.05, 4.69) is 20.8 Å². The lowest BCUT2D eigenvalue weighted by Gasteiger charge is -2.18. The number of nitrogens with two attached hydrogens (primary N) is 1. The smallest absolute Gasteiger partial charge is 0.252 e. The first kappa shape index (κ1) is 15.5. The minimum absolute atomic E-state index is 0.0116. The quantitative estimate of drug-likeness (QED) is 0.907. The zero-order valence-corrected chi connectivity index (χ0v) is 14.5. The number of nitrogens with zero attached hydrogens (tertiary/aromatic N) is 1. The average Bonchev–Trinajstić information content (AvgIpc) is 3.05. The van der Waals surface area contributed by atoms with Crippen molar-refractivity contribution in [2.24, 2.45) is 17.6 Å². The first-order valence-electron chi connectivity index (χ1n) is 7.55. The molecule has 1 aromatic heterocycles. The van der Waals surface area contributed by atoms with Gasteiger partial charge >= 0.3 is 0 Å². The highest BCUT2D eigenvalue weighted by atomic mass is 32.2. The van der Waals surface area contributed by atoms with E-state index in [1.54, 1.807) is 10.4 Å². The summed E-state index contributed by atoms with van der Waals surface area (Å²) in [6.07, 6.45) is 2.10. The van der Waals surface area contributed by atoms with Crippen LogP contribution in [0.2, 0.25) is 0 Å². The highest BCUT2D eigenvalue weighted by Gasteiger charge is 2.45. The van der Waals surface area contributed by atoms with Crippen molar-refractivity contribution in [3.05, 3.63) is 17.0 Å². The third-order valence-corrected chi connectivity index (χ3v) is 8.60. The first-order chi connectivity index (χ1) is 9.69. The third-order valence-electron chi connectivity index (χ3n) is 4.79. The zero-order chi connectivity index (χ0) is 15.4. The van der Waals surface area contributed by atoms with Gasteiger partial charge in [-0.05, 0) is 42.2 Å². The van der Waals surface area contributed by atoms with Crippen molar-refractivity contribution in [2.45, 2.75) is 49.3 Å². The second-order valence-electron chi connectivity index (χ2n) is 7.36. The molecule has 0 bridgehead atoms. The van der Waals surface area contributed by atoms with Crippen LogP contribution in [0.15, 0.2) is 16.3 Å². The maximum Gasteiger partial charge on any atom is 0.252 e. The summed E-state index contributed by atoms with van der Waals surface area (Å²) in [4.78, 5) is 1.11. The molecule has 118 valence electrons. The Labute approximate surface area is 131 Å². The van der Waals surface area contributed by atoms with Gasteiger partial charge in [0.15, 0.2) is 0 Å². The Hall–Kier alpha value is -0.430. The molecule has 21 heavy (non-hydrogen) atoms. The van der Waals surface area contributed by atoms with E-state index in [9.17, 15) is 8.42 Å². The molecule has 0 aromatic carbocycles. The van der Waals surface area contributed by atoms with Crippen LogP contribution < -0.4 is 5.73 Å². The third kappa shape index (κ3) is 2.67. The van der Waals surface area contributed by atoms with E-state index in [-0.39, 0.29) is 11.5 Å². The molecule has 6 heteroatoms. The Kier molecular flexibility index (Phi) is 3.72. The molecule has 3 atom stereocenters. The maximum atomic E-state index is 12.8. The molecule has 1 saturated heterocycles. The predicted molar refractivity (Wildman–Crippen MR) is 86.0 cm³/mol. The zero-order valence-electron chi connectivity index (χ0n) is 12.9. The van der Waals surface area contributed by atoms with Crippen molar-refractivity contribution < 1.29 is 8.42 Å². The van der Waals surface area contributed by atoms with Gasteiger partial charge in [0, 0.05) is 24.0 Å². The van der Waals surface area contributed by atoms with Gasteiger partial charge in [-0.1, -0.05) is 20.8 Å². The van der Waals surface area contributed by atoms with Gasteiger partial charge in [-0.3, -0.25) is 0 Å². The number of fused-ring (bicyclic) bond motifs is 1. The van der Waals surface area contributed by atoms with Crippen LogP contribution >= 0.6 is 11.3 Å². The molecule has 2 fully saturated rings. The first-order valence-corrected chi connectivity index (χ1v) is 9.81. The van der Waals surface area contributed by atoms with Gasteiger partial charge in [0.2, 0.25) is 0 Å². The Balaban J connectivity index is 1.83. The van der Waals surface area contributed by atoms with Crippen LogP contribution in [-0.4, -0.2) is 31.9 Å². The molecule has 0 radical (unpaired) electrons. The SMILES string of the molecule is CC(C)(C)c1ccc(S(=O)(=O)N2CC3CCC(N)C3C2)s1.